The largest absolute Gasteiger partial charge is 0.331 e. The monoisotopic (exact) mass is 490 g/mol. The molecule has 6 nitrogen and oxygen atoms in total. The number of rotatable bonds is 2. The van der Waals surface area contributed by atoms with Crippen molar-refractivity contribution in [2.45, 2.75) is 37.6 Å². The summed E-state index contributed by atoms with van der Waals surface area (Å²) in [4.78, 5) is 26.9. The Hall–Kier alpha value is -2.93. The predicted octanol–water partition coefficient (Wildman–Crippen LogP) is 4.65. The van der Waals surface area contributed by atoms with E-state index in [9.17, 15) is 9.59 Å². The van der Waals surface area contributed by atoms with Crippen LogP contribution in [0.4, 0.5) is 10.5 Å². The Balaban J connectivity index is 1.17. The van der Waals surface area contributed by atoms with E-state index in [0.717, 1.165) is 53.5 Å². The van der Waals surface area contributed by atoms with E-state index >= 15 is 0 Å². The number of benzene rings is 2. The number of aromatic amines is 1. The Morgan fingerprint density at radius 2 is 1.97 bits per heavy atom. The number of nitrogens with one attached hydrogen (secondary N) is 2. The van der Waals surface area contributed by atoms with E-state index in [1.165, 1.54) is 11.1 Å². The number of anilines is 1. The van der Waals surface area contributed by atoms with Gasteiger partial charge in [0.1, 0.15) is 0 Å². The molecule has 0 bridgehead atoms. The average molecular weight is 491 g/mol. The Bertz CT molecular complexity index is 1330. The molecule has 3 aromatic rings. The van der Waals surface area contributed by atoms with Crippen molar-refractivity contribution >= 4 is 38.4 Å². The van der Waals surface area contributed by atoms with E-state index < -0.39 is 0 Å². The number of H-pyrrole nitrogens is 1. The van der Waals surface area contributed by atoms with Gasteiger partial charge < -0.3 is 5.32 Å². The quantitative estimate of drug-likeness (QED) is 0.513. The SMILES string of the molecule is O=C(N[C@@H]1C=C2C[C@H](c3n[nH]c(=O)c4ccccc34)C2CC1)N1CCc2cc(Br)ccc21. The van der Waals surface area contributed by atoms with Crippen molar-refractivity contribution in [1.29, 1.82) is 0 Å². The van der Waals surface area contributed by atoms with E-state index in [2.05, 4.69) is 43.6 Å². The summed E-state index contributed by atoms with van der Waals surface area (Å²) in [6, 6.07) is 13.8. The van der Waals surface area contributed by atoms with Crippen LogP contribution < -0.4 is 15.8 Å². The summed E-state index contributed by atoms with van der Waals surface area (Å²) in [6.45, 7) is 0.719. The average Bonchev–Trinajstić information content (AvgIpc) is 3.20. The fraction of sp³-hybridized carbons (Fsp3) is 0.320. The number of urea groups is 1. The van der Waals surface area contributed by atoms with Crippen LogP contribution in [-0.4, -0.2) is 28.8 Å². The predicted molar refractivity (Wildman–Crippen MR) is 128 cm³/mol. The molecule has 0 saturated heterocycles. The maximum atomic E-state index is 13.0. The van der Waals surface area contributed by atoms with Crippen LogP contribution in [0.3, 0.4) is 0 Å². The van der Waals surface area contributed by atoms with Crippen LogP contribution in [0.5, 0.6) is 0 Å². The number of carbonyl (C=O) groups is 1. The lowest BCUT2D eigenvalue weighted by molar-refractivity contribution is 0.240. The maximum absolute atomic E-state index is 13.0. The molecule has 162 valence electrons. The molecule has 0 spiro atoms. The molecule has 2 heterocycles. The van der Waals surface area contributed by atoms with Crippen LogP contribution in [0, 0.1) is 5.92 Å². The van der Waals surface area contributed by atoms with Crippen LogP contribution in [0.1, 0.15) is 36.4 Å². The zero-order chi connectivity index (χ0) is 21.8. The van der Waals surface area contributed by atoms with E-state index in [1.54, 1.807) is 0 Å². The van der Waals surface area contributed by atoms with Gasteiger partial charge in [-0.3, -0.25) is 9.69 Å². The second-order valence-electron chi connectivity index (χ2n) is 8.95. The number of carbonyl (C=O) groups excluding carboxylic acids is 1. The molecular weight excluding hydrogens is 468 g/mol. The van der Waals surface area contributed by atoms with Gasteiger partial charge in [0.15, 0.2) is 0 Å². The Morgan fingerprint density at radius 3 is 2.81 bits per heavy atom. The summed E-state index contributed by atoms with van der Waals surface area (Å²) in [5.41, 5.74) is 4.46. The van der Waals surface area contributed by atoms with Gasteiger partial charge in [-0.2, -0.15) is 5.10 Å². The number of fused-ring (bicyclic) bond motifs is 3. The number of halogens is 1. The minimum atomic E-state index is -0.137. The molecule has 1 fully saturated rings. The van der Waals surface area contributed by atoms with Gasteiger partial charge in [0.05, 0.1) is 11.1 Å². The van der Waals surface area contributed by atoms with Crippen molar-refractivity contribution in [2.24, 2.45) is 5.92 Å². The molecule has 1 aliphatic heterocycles. The molecule has 1 aromatic heterocycles. The number of nitrogens with zero attached hydrogens (tertiary/aromatic N) is 2. The third-order valence-electron chi connectivity index (χ3n) is 7.19. The van der Waals surface area contributed by atoms with Crippen molar-refractivity contribution in [1.82, 2.24) is 15.5 Å². The van der Waals surface area contributed by atoms with Gasteiger partial charge in [-0.1, -0.05) is 45.8 Å². The molecular formula is C25H23BrN4O2. The molecule has 1 unspecified atom stereocenters. The normalized spacial score (nSPS) is 23.8. The number of hydrogen-bond donors (Lipinski definition) is 2. The summed E-state index contributed by atoms with van der Waals surface area (Å²) < 4.78 is 1.05. The fourth-order valence-corrected chi connectivity index (χ4v) is 5.97. The number of hydrogen-bond acceptors (Lipinski definition) is 3. The lowest BCUT2D eigenvalue weighted by Gasteiger charge is -2.44. The third kappa shape index (κ3) is 3.18. The van der Waals surface area contributed by atoms with Gasteiger partial charge in [-0.25, -0.2) is 9.89 Å². The van der Waals surface area contributed by atoms with Crippen LogP contribution in [-0.2, 0) is 6.42 Å². The van der Waals surface area contributed by atoms with Crippen LogP contribution in [0.25, 0.3) is 10.8 Å². The first-order chi connectivity index (χ1) is 15.6. The van der Waals surface area contributed by atoms with Gasteiger partial charge >= 0.3 is 6.03 Å². The first-order valence-electron chi connectivity index (χ1n) is 11.1. The first-order valence-corrected chi connectivity index (χ1v) is 11.9. The summed E-state index contributed by atoms with van der Waals surface area (Å²) in [7, 11) is 0. The molecule has 3 aliphatic rings. The lowest BCUT2D eigenvalue weighted by Crippen LogP contribution is -2.46. The second kappa shape index (κ2) is 7.59. The van der Waals surface area contributed by atoms with E-state index in [-0.39, 0.29) is 17.6 Å². The number of allylic oxidation sites excluding steroid dienone is 1. The van der Waals surface area contributed by atoms with Crippen molar-refractivity contribution < 1.29 is 4.79 Å². The molecule has 1 saturated carbocycles. The molecule has 2 aliphatic carbocycles. The van der Waals surface area contributed by atoms with Crippen LogP contribution >= 0.6 is 15.9 Å². The molecule has 2 N–H and O–H groups in total. The first kappa shape index (κ1) is 19.7. The molecule has 2 amide bonds. The highest BCUT2D eigenvalue weighted by Crippen LogP contribution is 2.52. The van der Waals surface area contributed by atoms with Gasteiger partial charge in [-0.05, 0) is 61.4 Å². The minimum absolute atomic E-state index is 0.0180. The van der Waals surface area contributed by atoms with Crippen LogP contribution in [0.15, 0.2) is 63.4 Å². The molecule has 0 radical (unpaired) electrons. The molecule has 3 atom stereocenters. The highest BCUT2D eigenvalue weighted by atomic mass is 79.9. The highest BCUT2D eigenvalue weighted by molar-refractivity contribution is 9.10. The zero-order valence-corrected chi connectivity index (χ0v) is 19.1. The standard InChI is InChI=1S/C25H23BrN4O2/c26-16-5-8-22-14(11-16)9-10-30(22)25(32)27-17-6-7-18-15(12-17)13-21(18)23-19-3-1-2-4-20(19)24(31)29-28-23/h1-5,8,11-12,17-18,21H,6-7,9-10,13H2,(H,27,32)(H,29,31)/t17-,18?,21-/m0/s1. The smallest absolute Gasteiger partial charge is 0.322 e. The van der Waals surface area contributed by atoms with Gasteiger partial charge in [0.2, 0.25) is 0 Å². The molecule has 32 heavy (non-hydrogen) atoms. The summed E-state index contributed by atoms with van der Waals surface area (Å²) in [6.07, 6.45) is 5.99. The van der Waals surface area contributed by atoms with E-state index in [4.69, 9.17) is 0 Å². The van der Waals surface area contributed by atoms with Crippen molar-refractivity contribution in [2.75, 3.05) is 11.4 Å². The molecule has 7 heteroatoms. The second-order valence-corrected chi connectivity index (χ2v) is 9.87. The van der Waals surface area contributed by atoms with Gasteiger partial charge in [0, 0.05) is 34.1 Å². The van der Waals surface area contributed by atoms with E-state index in [0.29, 0.717) is 17.2 Å². The summed E-state index contributed by atoms with van der Waals surface area (Å²) in [5.74, 6) is 0.762. The Morgan fingerprint density at radius 1 is 1.12 bits per heavy atom. The van der Waals surface area contributed by atoms with Gasteiger partial charge in [0.25, 0.3) is 5.56 Å². The Kier molecular flexibility index (Phi) is 4.68. The zero-order valence-electron chi connectivity index (χ0n) is 17.5. The Labute approximate surface area is 193 Å². The fourth-order valence-electron chi connectivity index (χ4n) is 5.56. The lowest BCUT2D eigenvalue weighted by atomic mass is 9.62. The van der Waals surface area contributed by atoms with Crippen molar-refractivity contribution in [3.8, 4) is 0 Å². The van der Waals surface area contributed by atoms with Gasteiger partial charge in [-0.15, -0.1) is 0 Å². The number of amides is 2. The number of aromatic nitrogens is 2. The van der Waals surface area contributed by atoms with Crippen molar-refractivity contribution in [3.63, 3.8) is 0 Å². The van der Waals surface area contributed by atoms with Crippen molar-refractivity contribution in [3.05, 3.63) is 80.2 Å². The van der Waals surface area contributed by atoms with Crippen LogP contribution in [0.2, 0.25) is 0 Å². The maximum Gasteiger partial charge on any atom is 0.322 e. The molecule has 2 aromatic carbocycles. The minimum Gasteiger partial charge on any atom is -0.331 e. The topological polar surface area (TPSA) is 78.1 Å². The highest BCUT2D eigenvalue weighted by Gasteiger charge is 2.41. The summed E-state index contributed by atoms with van der Waals surface area (Å²) >= 11 is 3.51. The van der Waals surface area contributed by atoms with E-state index in [1.807, 2.05) is 41.3 Å². The third-order valence-corrected chi connectivity index (χ3v) is 7.68. The summed E-state index contributed by atoms with van der Waals surface area (Å²) in [5, 5.41) is 12.0. The molecule has 6 rings (SSSR count).